The van der Waals surface area contributed by atoms with E-state index < -0.39 is 54.1 Å². The van der Waals surface area contributed by atoms with Crippen molar-refractivity contribution in [2.45, 2.75) is 32.0 Å². The fourth-order valence-electron chi connectivity index (χ4n) is 5.25. The number of hydrogen-bond donors (Lipinski definition) is 4. The lowest BCUT2D eigenvalue weighted by molar-refractivity contribution is -0.265. The third-order valence-corrected chi connectivity index (χ3v) is 7.53. The van der Waals surface area contributed by atoms with E-state index in [2.05, 4.69) is 20.6 Å². The molecule has 4 amide bonds. The van der Waals surface area contributed by atoms with Gasteiger partial charge in [-0.1, -0.05) is 0 Å². The third kappa shape index (κ3) is 6.65. The molecule has 0 radical (unpaired) electrons. The van der Waals surface area contributed by atoms with Gasteiger partial charge in [0.05, 0.1) is 36.5 Å². The summed E-state index contributed by atoms with van der Waals surface area (Å²) in [6.45, 7) is 2.62. The van der Waals surface area contributed by atoms with Gasteiger partial charge >= 0.3 is 12.2 Å². The molecule has 15 heteroatoms. The summed E-state index contributed by atoms with van der Waals surface area (Å²) in [5.41, 5.74) is 1.80. The molecule has 0 spiro atoms. The first-order valence-electron chi connectivity index (χ1n) is 14.5. The van der Waals surface area contributed by atoms with Crippen LogP contribution in [0.4, 0.5) is 28.0 Å². The minimum atomic E-state index is -5.40. The van der Waals surface area contributed by atoms with E-state index in [1.54, 1.807) is 26.1 Å². The SMILES string of the molecule is CCOc1c(CC(N)=O)cc([C@@](O)(CNC(=O)c2cc(N3CCNC3=O)c3ncc(C)cc3c2)C(F)(F)F)nc1-c1ccc(F)cc1. The lowest BCUT2D eigenvalue weighted by Gasteiger charge is -2.31. The number of nitrogens with one attached hydrogen (secondary N) is 2. The molecule has 5 N–H and O–H groups in total. The van der Waals surface area contributed by atoms with E-state index in [1.807, 2.05) is 0 Å². The predicted octanol–water partition coefficient (Wildman–Crippen LogP) is 3.88. The van der Waals surface area contributed by atoms with E-state index in [0.717, 1.165) is 23.8 Å². The number of amides is 4. The zero-order chi connectivity index (χ0) is 34.1. The maximum atomic E-state index is 14.8. The number of benzene rings is 2. The van der Waals surface area contributed by atoms with Gasteiger partial charge in [0, 0.05) is 41.4 Å². The molecule has 3 heterocycles. The Morgan fingerprint density at radius 2 is 1.87 bits per heavy atom. The number of anilines is 1. The number of hydrogen-bond acceptors (Lipinski definition) is 7. The number of ether oxygens (including phenoxy) is 1. The molecule has 47 heavy (non-hydrogen) atoms. The molecule has 1 saturated heterocycles. The highest BCUT2D eigenvalue weighted by Gasteiger charge is 2.56. The Morgan fingerprint density at radius 3 is 2.49 bits per heavy atom. The van der Waals surface area contributed by atoms with Gasteiger partial charge in [-0.3, -0.25) is 19.5 Å². The van der Waals surface area contributed by atoms with Crippen LogP contribution in [-0.2, 0) is 16.8 Å². The summed E-state index contributed by atoms with van der Waals surface area (Å²) in [7, 11) is 0. The highest BCUT2D eigenvalue weighted by molar-refractivity contribution is 6.07. The maximum absolute atomic E-state index is 14.8. The average Bonchev–Trinajstić information content (AvgIpc) is 3.44. The number of halogens is 4. The Kier molecular flexibility index (Phi) is 9.02. The molecule has 4 aromatic rings. The minimum absolute atomic E-state index is 0.0302. The molecule has 2 aromatic heterocycles. The van der Waals surface area contributed by atoms with Crippen LogP contribution in [-0.4, -0.2) is 65.3 Å². The lowest BCUT2D eigenvalue weighted by Crippen LogP contribution is -2.51. The van der Waals surface area contributed by atoms with Gasteiger partial charge in [-0.2, -0.15) is 13.2 Å². The second-order valence-corrected chi connectivity index (χ2v) is 10.9. The molecule has 1 atom stereocenters. The number of carbonyl (C=O) groups is 3. The number of aromatic nitrogens is 2. The number of rotatable bonds is 10. The van der Waals surface area contributed by atoms with Crippen molar-refractivity contribution in [1.82, 2.24) is 20.6 Å². The van der Waals surface area contributed by atoms with Crippen molar-refractivity contribution < 1.29 is 41.8 Å². The zero-order valence-electron chi connectivity index (χ0n) is 25.2. The molecule has 1 aliphatic rings. The Balaban J connectivity index is 1.58. The van der Waals surface area contributed by atoms with Crippen molar-refractivity contribution in [2.75, 3.05) is 31.1 Å². The van der Waals surface area contributed by atoms with E-state index in [4.69, 9.17) is 10.5 Å². The van der Waals surface area contributed by atoms with Crippen LogP contribution in [0.15, 0.2) is 54.7 Å². The monoisotopic (exact) mass is 654 g/mol. The van der Waals surface area contributed by atoms with Crippen molar-refractivity contribution in [3.8, 4) is 17.0 Å². The fourth-order valence-corrected chi connectivity index (χ4v) is 5.25. The Labute approximate surface area is 265 Å². The first-order valence-corrected chi connectivity index (χ1v) is 14.5. The Bertz CT molecular complexity index is 1870. The summed E-state index contributed by atoms with van der Waals surface area (Å²) in [6, 6.07) is 9.51. The van der Waals surface area contributed by atoms with Crippen molar-refractivity contribution >= 4 is 34.4 Å². The fraction of sp³-hybridized carbons (Fsp3) is 0.281. The van der Waals surface area contributed by atoms with Crippen molar-refractivity contribution in [1.29, 1.82) is 0 Å². The normalized spacial score (nSPS) is 14.5. The number of aliphatic hydroxyl groups is 1. The molecule has 0 bridgehead atoms. The van der Waals surface area contributed by atoms with Crippen LogP contribution in [0, 0.1) is 12.7 Å². The summed E-state index contributed by atoms with van der Waals surface area (Å²) < 4.78 is 63.6. The van der Waals surface area contributed by atoms with E-state index in [-0.39, 0.29) is 47.0 Å². The molecule has 1 fully saturated rings. The third-order valence-electron chi connectivity index (χ3n) is 7.53. The molecule has 2 aromatic carbocycles. The maximum Gasteiger partial charge on any atom is 0.424 e. The van der Waals surface area contributed by atoms with Gasteiger partial charge in [0.1, 0.15) is 17.3 Å². The number of alkyl halides is 3. The minimum Gasteiger partial charge on any atom is -0.491 e. The van der Waals surface area contributed by atoms with Gasteiger partial charge < -0.3 is 26.2 Å². The molecule has 0 aliphatic carbocycles. The molecule has 5 rings (SSSR count). The van der Waals surface area contributed by atoms with Crippen molar-refractivity contribution in [3.63, 3.8) is 0 Å². The summed E-state index contributed by atoms with van der Waals surface area (Å²) >= 11 is 0. The number of aryl methyl sites for hydroxylation is 1. The number of nitrogens with zero attached hydrogens (tertiary/aromatic N) is 3. The van der Waals surface area contributed by atoms with Crippen molar-refractivity contribution in [3.05, 3.63) is 82.9 Å². The lowest BCUT2D eigenvalue weighted by atomic mass is 9.93. The summed E-state index contributed by atoms with van der Waals surface area (Å²) in [5, 5.41) is 16.6. The van der Waals surface area contributed by atoms with Gasteiger partial charge in [-0.15, -0.1) is 0 Å². The van der Waals surface area contributed by atoms with Crippen LogP contribution in [0.3, 0.4) is 0 Å². The number of carbonyl (C=O) groups excluding carboxylic acids is 3. The second kappa shape index (κ2) is 12.8. The summed E-state index contributed by atoms with van der Waals surface area (Å²) in [5.74, 6) is -2.59. The zero-order valence-corrected chi connectivity index (χ0v) is 25.2. The molecule has 0 unspecified atom stereocenters. The topological polar surface area (TPSA) is 160 Å². The highest BCUT2D eigenvalue weighted by Crippen LogP contribution is 2.42. The van der Waals surface area contributed by atoms with Crippen molar-refractivity contribution in [2.24, 2.45) is 5.73 Å². The van der Waals surface area contributed by atoms with Gasteiger partial charge in [0.2, 0.25) is 11.5 Å². The van der Waals surface area contributed by atoms with Gasteiger partial charge in [-0.05, 0) is 67.9 Å². The van der Waals surface area contributed by atoms with Gasteiger partial charge in [0.15, 0.2) is 0 Å². The number of nitrogens with two attached hydrogens (primary N) is 1. The number of pyridine rings is 2. The van der Waals surface area contributed by atoms with Gasteiger partial charge in [0.25, 0.3) is 5.91 Å². The van der Waals surface area contributed by atoms with Crippen LogP contribution < -0.4 is 26.0 Å². The number of primary amides is 1. The molecule has 1 aliphatic heterocycles. The van der Waals surface area contributed by atoms with E-state index in [1.165, 1.54) is 29.2 Å². The summed E-state index contributed by atoms with van der Waals surface area (Å²) in [6.07, 6.45) is -4.38. The quantitative estimate of drug-likeness (QED) is 0.189. The van der Waals surface area contributed by atoms with Crippen LogP contribution in [0.1, 0.15) is 34.1 Å². The highest BCUT2D eigenvalue weighted by atomic mass is 19.4. The standard InChI is InChI=1S/C32H30F4N6O5/c1-3-47-28-20(14-25(37)43)13-24(41-27(28)18-4-6-22(33)7-5-18)31(46,32(34,35)36)16-40-29(44)21-11-19-10-17(2)15-39-26(19)23(12-21)42-9-8-38-30(42)45/h4-7,10-13,15,46H,3,8-9,14,16H2,1-2H3,(H2,37,43)(H,38,45)(H,40,44)/t31-/m0/s1. The molecule has 0 saturated carbocycles. The van der Waals surface area contributed by atoms with Crippen LogP contribution in [0.25, 0.3) is 22.2 Å². The predicted molar refractivity (Wildman–Crippen MR) is 163 cm³/mol. The van der Waals surface area contributed by atoms with Gasteiger partial charge in [-0.25, -0.2) is 14.2 Å². The molecule has 11 nitrogen and oxygen atoms in total. The van der Waals surface area contributed by atoms with Crippen LogP contribution >= 0.6 is 0 Å². The Hall–Kier alpha value is -5.31. The summed E-state index contributed by atoms with van der Waals surface area (Å²) in [4.78, 5) is 47.7. The van der Waals surface area contributed by atoms with E-state index >= 15 is 0 Å². The van der Waals surface area contributed by atoms with E-state index in [9.17, 15) is 37.1 Å². The molecule has 246 valence electrons. The van der Waals surface area contributed by atoms with Crippen LogP contribution in [0.2, 0.25) is 0 Å². The number of fused-ring (bicyclic) bond motifs is 1. The first-order chi connectivity index (χ1) is 22.2. The first kappa shape index (κ1) is 33.1. The Morgan fingerprint density at radius 1 is 1.15 bits per heavy atom. The van der Waals surface area contributed by atoms with E-state index in [0.29, 0.717) is 17.4 Å². The smallest absolute Gasteiger partial charge is 0.424 e. The van der Waals surface area contributed by atoms with Crippen LogP contribution in [0.5, 0.6) is 5.75 Å². The molecular weight excluding hydrogens is 624 g/mol. The second-order valence-electron chi connectivity index (χ2n) is 10.9. The molecular formula is C32H30F4N6O5. The number of urea groups is 1. The average molecular weight is 655 g/mol. The largest absolute Gasteiger partial charge is 0.491 e.